The largest absolute Gasteiger partial charge is 0.486 e. The van der Waals surface area contributed by atoms with E-state index in [4.69, 9.17) is 9.47 Å². The molecule has 0 atom stereocenters. The van der Waals surface area contributed by atoms with Crippen LogP contribution in [0.5, 0.6) is 5.75 Å². The Kier molecular flexibility index (Phi) is 8.81. The summed E-state index contributed by atoms with van der Waals surface area (Å²) in [4.78, 5) is 22.3. The second-order valence-electron chi connectivity index (χ2n) is 11.1. The van der Waals surface area contributed by atoms with Crippen LogP contribution in [0.2, 0.25) is 25.7 Å². The smallest absolute Gasteiger partial charge is 0.211 e. The van der Waals surface area contributed by atoms with Crippen molar-refractivity contribution >= 4 is 8.07 Å². The first-order chi connectivity index (χ1) is 19.8. The van der Waals surface area contributed by atoms with Gasteiger partial charge in [0.2, 0.25) is 5.43 Å². The average Bonchev–Trinajstić information content (AvgIpc) is 3.45. The molecule has 0 saturated heterocycles. The molecule has 41 heavy (non-hydrogen) atoms. The molecule has 3 aromatic heterocycles. The molecule has 10 heteroatoms. The Morgan fingerprint density at radius 2 is 1.71 bits per heavy atom. The molecular formula is C31H34N6O3Si. The second-order valence-corrected chi connectivity index (χ2v) is 16.7. The Balaban J connectivity index is 1.24. The number of benzene rings is 2. The minimum atomic E-state index is -1.15. The highest BCUT2D eigenvalue weighted by atomic mass is 28.3. The van der Waals surface area contributed by atoms with Crippen LogP contribution in [-0.2, 0) is 24.5 Å². The van der Waals surface area contributed by atoms with Gasteiger partial charge in [-0.3, -0.25) is 9.89 Å². The summed E-state index contributed by atoms with van der Waals surface area (Å²) in [5, 5.41) is 11.5. The van der Waals surface area contributed by atoms with Gasteiger partial charge in [0.1, 0.15) is 19.0 Å². The quantitative estimate of drug-likeness (QED) is 0.155. The number of hydrogen-bond donors (Lipinski definition) is 1. The van der Waals surface area contributed by atoms with Gasteiger partial charge in [-0.05, 0) is 23.2 Å². The maximum absolute atomic E-state index is 13.3. The molecule has 1 N–H and O–H groups in total. The molecule has 0 amide bonds. The third-order valence-electron chi connectivity index (χ3n) is 6.51. The van der Waals surface area contributed by atoms with E-state index in [9.17, 15) is 4.79 Å². The molecular weight excluding hydrogens is 532 g/mol. The molecule has 0 bridgehead atoms. The molecule has 0 aliphatic rings. The molecule has 0 unspecified atom stereocenters. The van der Waals surface area contributed by atoms with Gasteiger partial charge in [0.05, 0.1) is 24.2 Å². The summed E-state index contributed by atoms with van der Waals surface area (Å²) in [5.41, 5.74) is 4.38. The lowest BCUT2D eigenvalue weighted by Crippen LogP contribution is -2.22. The molecule has 0 fully saturated rings. The highest BCUT2D eigenvalue weighted by Gasteiger charge is 2.14. The molecule has 0 spiro atoms. The number of nitrogens with zero attached hydrogens (tertiary/aromatic N) is 5. The molecule has 5 aromatic rings. The average molecular weight is 567 g/mol. The van der Waals surface area contributed by atoms with E-state index < -0.39 is 8.07 Å². The van der Waals surface area contributed by atoms with E-state index in [0.717, 1.165) is 28.3 Å². The Labute approximate surface area is 240 Å². The summed E-state index contributed by atoms with van der Waals surface area (Å²) < 4.78 is 13.3. The highest BCUT2D eigenvalue weighted by molar-refractivity contribution is 6.76. The maximum Gasteiger partial charge on any atom is 0.211 e. The topological polar surface area (TPSA) is 108 Å². The Morgan fingerprint density at radius 1 is 0.927 bits per heavy atom. The van der Waals surface area contributed by atoms with E-state index in [1.165, 1.54) is 0 Å². The van der Waals surface area contributed by atoms with E-state index >= 15 is 0 Å². The van der Waals surface area contributed by atoms with Gasteiger partial charge in [-0.2, -0.15) is 10.2 Å². The number of nitrogens with one attached hydrogen (secondary N) is 1. The monoisotopic (exact) mass is 566 g/mol. The number of rotatable bonds is 12. The predicted octanol–water partition coefficient (Wildman–Crippen LogP) is 5.57. The predicted molar refractivity (Wildman–Crippen MR) is 161 cm³/mol. The van der Waals surface area contributed by atoms with Gasteiger partial charge in [-0.1, -0.05) is 68.2 Å². The Hall–Kier alpha value is -4.41. The molecule has 2 aromatic carbocycles. The van der Waals surface area contributed by atoms with Gasteiger partial charge < -0.3 is 9.47 Å². The number of aromatic nitrogens is 6. The SMILES string of the molecule is C[Si](C)(C)CCOCn1cc(-c2c[nH]nc(Cc3cccc(-c4ncc(OCc5ccccc5)cn4)c3)c2=O)cn1. The van der Waals surface area contributed by atoms with Crippen LogP contribution in [-0.4, -0.2) is 44.6 Å². The molecule has 0 radical (unpaired) electrons. The minimum Gasteiger partial charge on any atom is -0.486 e. The van der Waals surface area contributed by atoms with E-state index in [-0.39, 0.29) is 5.43 Å². The minimum absolute atomic E-state index is 0.135. The van der Waals surface area contributed by atoms with Crippen LogP contribution in [0.4, 0.5) is 0 Å². The van der Waals surface area contributed by atoms with Crippen LogP contribution in [0.15, 0.2) is 90.4 Å². The summed E-state index contributed by atoms with van der Waals surface area (Å²) >= 11 is 0. The molecule has 9 nitrogen and oxygen atoms in total. The van der Waals surface area contributed by atoms with E-state index in [0.29, 0.717) is 49.2 Å². The van der Waals surface area contributed by atoms with Crippen molar-refractivity contribution in [2.24, 2.45) is 0 Å². The van der Waals surface area contributed by atoms with Crippen LogP contribution in [0.3, 0.4) is 0 Å². The number of aromatic amines is 1. The first-order valence-electron chi connectivity index (χ1n) is 13.6. The normalized spacial score (nSPS) is 11.5. The highest BCUT2D eigenvalue weighted by Crippen LogP contribution is 2.20. The van der Waals surface area contributed by atoms with Crippen molar-refractivity contribution in [2.75, 3.05) is 6.61 Å². The molecule has 0 aliphatic heterocycles. The van der Waals surface area contributed by atoms with Crippen molar-refractivity contribution in [1.29, 1.82) is 0 Å². The zero-order valence-electron chi connectivity index (χ0n) is 23.6. The van der Waals surface area contributed by atoms with Crippen molar-refractivity contribution < 1.29 is 9.47 Å². The summed E-state index contributed by atoms with van der Waals surface area (Å²) in [6.07, 6.45) is 8.83. The fourth-order valence-electron chi connectivity index (χ4n) is 4.18. The summed E-state index contributed by atoms with van der Waals surface area (Å²) in [7, 11) is -1.15. The van der Waals surface area contributed by atoms with Crippen LogP contribution in [0.25, 0.3) is 22.5 Å². The molecule has 210 valence electrons. The van der Waals surface area contributed by atoms with Gasteiger partial charge in [0.15, 0.2) is 11.6 Å². The lowest BCUT2D eigenvalue weighted by molar-refractivity contribution is 0.0786. The van der Waals surface area contributed by atoms with Crippen molar-refractivity contribution in [3.8, 4) is 28.3 Å². The van der Waals surface area contributed by atoms with E-state index in [2.05, 4.69) is 44.9 Å². The molecule has 5 rings (SSSR count). The van der Waals surface area contributed by atoms with Gasteiger partial charge >= 0.3 is 0 Å². The van der Waals surface area contributed by atoms with Crippen LogP contribution >= 0.6 is 0 Å². The van der Waals surface area contributed by atoms with Crippen molar-refractivity contribution in [1.82, 2.24) is 29.9 Å². The fraction of sp³-hybridized carbons (Fsp3) is 0.258. The Bertz CT molecular complexity index is 1630. The first kappa shape index (κ1) is 28.1. The summed E-state index contributed by atoms with van der Waals surface area (Å²) in [6, 6.07) is 18.9. The van der Waals surface area contributed by atoms with Crippen LogP contribution in [0.1, 0.15) is 16.8 Å². The maximum atomic E-state index is 13.3. The van der Waals surface area contributed by atoms with E-state index in [1.54, 1.807) is 29.5 Å². The number of H-pyrrole nitrogens is 1. The molecule has 0 aliphatic carbocycles. The third kappa shape index (κ3) is 7.83. The number of ether oxygens (including phenoxy) is 2. The standard InChI is InChI=1S/C31H34N6O3Si/c1-41(2,3)13-12-39-22-37-20-26(16-35-37)28-19-34-36-29(30(28)38)15-24-10-7-11-25(14-24)31-32-17-27(18-33-31)40-21-23-8-5-4-6-9-23/h4-11,14,16-20H,12-13,15,21-22H2,1-3H3,(H,34,38). The zero-order chi connectivity index (χ0) is 28.7. The lowest BCUT2D eigenvalue weighted by Gasteiger charge is -2.15. The lowest BCUT2D eigenvalue weighted by atomic mass is 10.0. The van der Waals surface area contributed by atoms with Gasteiger partial charge in [-0.25, -0.2) is 14.6 Å². The fourth-order valence-corrected chi connectivity index (χ4v) is 4.94. The van der Waals surface area contributed by atoms with E-state index in [1.807, 2.05) is 60.8 Å². The van der Waals surface area contributed by atoms with Gasteiger partial charge in [0.25, 0.3) is 0 Å². The van der Waals surface area contributed by atoms with Gasteiger partial charge in [0, 0.05) is 44.6 Å². The number of hydrogen-bond acceptors (Lipinski definition) is 7. The summed E-state index contributed by atoms with van der Waals surface area (Å²) in [6.45, 7) is 8.48. The molecule has 3 heterocycles. The van der Waals surface area contributed by atoms with Crippen molar-refractivity contribution in [3.63, 3.8) is 0 Å². The van der Waals surface area contributed by atoms with Crippen molar-refractivity contribution in [2.45, 2.75) is 45.4 Å². The van der Waals surface area contributed by atoms with Gasteiger partial charge in [-0.15, -0.1) is 0 Å². The third-order valence-corrected chi connectivity index (χ3v) is 8.22. The second kappa shape index (κ2) is 12.8. The summed E-state index contributed by atoms with van der Waals surface area (Å²) in [5.74, 6) is 1.18. The van der Waals surface area contributed by atoms with Crippen LogP contribution < -0.4 is 10.2 Å². The zero-order valence-corrected chi connectivity index (χ0v) is 24.6. The first-order valence-corrected chi connectivity index (χ1v) is 17.3. The van der Waals surface area contributed by atoms with Crippen molar-refractivity contribution in [3.05, 3.63) is 113 Å². The molecule has 0 saturated carbocycles. The Morgan fingerprint density at radius 3 is 2.49 bits per heavy atom. The van der Waals surface area contributed by atoms with Crippen LogP contribution in [0, 0.1) is 0 Å².